The van der Waals surface area contributed by atoms with Crippen LogP contribution in [0.15, 0.2) is 24.3 Å². The molecule has 2 aliphatic rings. The van der Waals surface area contributed by atoms with Crippen LogP contribution < -0.4 is 15.9 Å². The van der Waals surface area contributed by atoms with Crippen LogP contribution in [0.1, 0.15) is 31.2 Å². The Labute approximate surface area is 196 Å². The Morgan fingerprint density at radius 2 is 1.85 bits per heavy atom. The molecule has 1 aliphatic heterocycles. The van der Waals surface area contributed by atoms with E-state index in [4.69, 9.17) is 17.3 Å². The number of carbonyl (C=O) groups is 4. The summed E-state index contributed by atoms with van der Waals surface area (Å²) in [5.74, 6) is -4.09. The Morgan fingerprint density at radius 1 is 1.24 bits per heavy atom. The van der Waals surface area contributed by atoms with Crippen LogP contribution in [-0.4, -0.2) is 64.7 Å². The first kappa shape index (κ1) is 25.5. The number of benzene rings is 1. The van der Waals surface area contributed by atoms with Crippen molar-refractivity contribution in [1.82, 2.24) is 15.3 Å². The SMILES string of the molecule is NC(=O)CN(NC(=O)[C@@H]1CCCN1C(=O)C1(c2ccc(OC(F)(F)F)cc2)CC1)C(=O)[C@@H](F)Cl. The van der Waals surface area contributed by atoms with E-state index in [-0.39, 0.29) is 13.0 Å². The third-order valence-electron chi connectivity index (χ3n) is 5.63. The number of primary amides is 1. The molecule has 9 nitrogen and oxygen atoms in total. The number of hydrogen-bond acceptors (Lipinski definition) is 5. The molecular formula is C20H21ClF4N4O5. The second kappa shape index (κ2) is 9.65. The molecule has 0 aromatic heterocycles. The van der Waals surface area contributed by atoms with Gasteiger partial charge in [0.1, 0.15) is 18.3 Å². The summed E-state index contributed by atoms with van der Waals surface area (Å²) in [6.45, 7) is -0.604. The maximum Gasteiger partial charge on any atom is 0.573 e. The van der Waals surface area contributed by atoms with E-state index in [1.807, 2.05) is 0 Å². The van der Waals surface area contributed by atoms with E-state index in [1.54, 1.807) is 0 Å². The Hall–Kier alpha value is -3.09. The highest BCUT2D eigenvalue weighted by molar-refractivity contribution is 6.29. The van der Waals surface area contributed by atoms with Crippen LogP contribution in [0.3, 0.4) is 0 Å². The molecule has 34 heavy (non-hydrogen) atoms. The second-order valence-corrected chi connectivity index (χ2v) is 8.36. The molecule has 3 N–H and O–H groups in total. The molecule has 1 saturated heterocycles. The van der Waals surface area contributed by atoms with Gasteiger partial charge in [-0.15, -0.1) is 13.2 Å². The predicted molar refractivity (Wildman–Crippen MR) is 109 cm³/mol. The van der Waals surface area contributed by atoms with Crippen LogP contribution >= 0.6 is 11.6 Å². The first-order valence-corrected chi connectivity index (χ1v) is 10.6. The second-order valence-electron chi connectivity index (χ2n) is 7.98. The fraction of sp³-hybridized carbons (Fsp3) is 0.500. The third kappa shape index (κ3) is 5.69. The zero-order valence-corrected chi connectivity index (χ0v) is 18.4. The van der Waals surface area contributed by atoms with Crippen LogP contribution in [0, 0.1) is 0 Å². The number of amides is 4. The smallest absolute Gasteiger partial charge is 0.406 e. The number of rotatable bonds is 7. The van der Waals surface area contributed by atoms with Gasteiger partial charge in [-0.25, -0.2) is 9.40 Å². The number of nitrogens with two attached hydrogens (primary N) is 1. The molecule has 186 valence electrons. The monoisotopic (exact) mass is 508 g/mol. The zero-order valence-electron chi connectivity index (χ0n) is 17.6. The average molecular weight is 509 g/mol. The van der Waals surface area contributed by atoms with Gasteiger partial charge >= 0.3 is 6.36 Å². The van der Waals surface area contributed by atoms with Gasteiger partial charge in [-0.3, -0.25) is 24.6 Å². The summed E-state index contributed by atoms with van der Waals surface area (Å²) in [6.07, 6.45) is -3.29. The van der Waals surface area contributed by atoms with E-state index in [9.17, 15) is 36.7 Å². The minimum atomic E-state index is -4.85. The molecule has 14 heteroatoms. The Bertz CT molecular complexity index is 969. The molecule has 1 aliphatic carbocycles. The number of nitrogens with zero attached hydrogens (tertiary/aromatic N) is 2. The molecule has 1 heterocycles. The van der Waals surface area contributed by atoms with Gasteiger partial charge in [0.2, 0.25) is 11.8 Å². The van der Waals surface area contributed by atoms with Crippen molar-refractivity contribution in [1.29, 1.82) is 0 Å². The van der Waals surface area contributed by atoms with Gasteiger partial charge < -0.3 is 15.4 Å². The molecule has 3 rings (SSSR count). The van der Waals surface area contributed by atoms with Crippen LogP contribution in [0.2, 0.25) is 0 Å². The van der Waals surface area contributed by atoms with E-state index < -0.39 is 59.4 Å². The summed E-state index contributed by atoms with van der Waals surface area (Å²) in [4.78, 5) is 50.5. The third-order valence-corrected chi connectivity index (χ3v) is 5.81. The van der Waals surface area contributed by atoms with E-state index >= 15 is 0 Å². The quantitative estimate of drug-likeness (QED) is 0.328. The van der Waals surface area contributed by atoms with E-state index in [0.29, 0.717) is 29.8 Å². The van der Waals surface area contributed by atoms with Crippen LogP contribution in [0.25, 0.3) is 0 Å². The number of carbonyl (C=O) groups excluding carboxylic acids is 4. The molecule has 1 aromatic rings. The van der Waals surface area contributed by atoms with Gasteiger partial charge in [-0.2, -0.15) is 0 Å². The Balaban J connectivity index is 1.73. The van der Waals surface area contributed by atoms with Gasteiger partial charge in [0, 0.05) is 6.54 Å². The first-order chi connectivity index (χ1) is 15.8. The molecule has 2 atom stereocenters. The number of halogens is 5. The van der Waals surface area contributed by atoms with Crippen molar-refractivity contribution < 1.29 is 41.5 Å². The van der Waals surface area contributed by atoms with Crippen LogP contribution in [0.4, 0.5) is 17.6 Å². The molecule has 0 spiro atoms. The standard InChI is InChI=1S/C20H21ClF4N4O5/c21-15(22)17(32)29(10-14(26)30)27-16(31)13-2-1-9-28(13)18(33)19(7-8-19)11-3-5-12(6-4-11)34-20(23,24)25/h3-6,13,15H,1-2,7-10H2,(H2,26,30)(H,27,31)/t13-,15+/m0/s1. The van der Waals surface area contributed by atoms with Crippen LogP contribution in [-0.2, 0) is 24.6 Å². The largest absolute Gasteiger partial charge is 0.573 e. The summed E-state index contributed by atoms with van der Waals surface area (Å²) in [5, 5.41) is 0.357. The fourth-order valence-corrected chi connectivity index (χ4v) is 4.06. The van der Waals surface area contributed by atoms with Crippen molar-refractivity contribution >= 4 is 35.2 Å². The lowest BCUT2D eigenvalue weighted by molar-refractivity contribution is -0.274. The topological polar surface area (TPSA) is 122 Å². The van der Waals surface area contributed by atoms with Gasteiger partial charge in [0.15, 0.2) is 0 Å². The van der Waals surface area contributed by atoms with Crippen molar-refractivity contribution in [3.8, 4) is 5.75 Å². The lowest BCUT2D eigenvalue weighted by Crippen LogP contribution is -2.57. The van der Waals surface area contributed by atoms with Gasteiger partial charge in [0.05, 0.1) is 5.41 Å². The maximum atomic E-state index is 13.4. The number of hydrogen-bond donors (Lipinski definition) is 2. The Kier molecular flexibility index (Phi) is 7.24. The fourth-order valence-electron chi connectivity index (χ4n) is 3.94. The summed E-state index contributed by atoms with van der Waals surface area (Å²) < 4.78 is 54.3. The number of alkyl halides is 5. The van der Waals surface area contributed by atoms with Crippen molar-refractivity contribution in [3.63, 3.8) is 0 Å². The minimum Gasteiger partial charge on any atom is -0.406 e. The highest BCUT2D eigenvalue weighted by Gasteiger charge is 2.55. The molecule has 0 bridgehead atoms. The summed E-state index contributed by atoms with van der Waals surface area (Å²) in [7, 11) is 0. The zero-order chi connectivity index (χ0) is 25.3. The normalized spacial score (nSPS) is 19.8. The highest BCUT2D eigenvalue weighted by Crippen LogP contribution is 2.50. The molecule has 0 unspecified atom stereocenters. The average Bonchev–Trinajstić information content (AvgIpc) is 3.40. The first-order valence-electron chi connectivity index (χ1n) is 10.2. The number of nitrogens with one attached hydrogen (secondary N) is 1. The van der Waals surface area contributed by atoms with Gasteiger partial charge in [0.25, 0.3) is 17.4 Å². The summed E-state index contributed by atoms with van der Waals surface area (Å²) in [5.41, 5.74) is 4.08. The lowest BCUT2D eigenvalue weighted by atomic mass is 9.94. The molecule has 1 saturated carbocycles. The molecule has 1 aromatic carbocycles. The Morgan fingerprint density at radius 3 is 2.35 bits per heavy atom. The maximum absolute atomic E-state index is 13.4. The summed E-state index contributed by atoms with van der Waals surface area (Å²) >= 11 is 5.11. The minimum absolute atomic E-state index is 0.221. The molecule has 4 amide bonds. The van der Waals surface area contributed by atoms with Crippen LogP contribution in [0.5, 0.6) is 5.75 Å². The number of hydrazine groups is 1. The number of ether oxygens (including phenoxy) is 1. The predicted octanol–water partition coefficient (Wildman–Crippen LogP) is 1.49. The molecule has 2 fully saturated rings. The van der Waals surface area contributed by atoms with E-state index in [2.05, 4.69) is 10.2 Å². The lowest BCUT2D eigenvalue weighted by Gasteiger charge is -2.30. The van der Waals surface area contributed by atoms with Crippen molar-refractivity contribution in [2.24, 2.45) is 5.73 Å². The van der Waals surface area contributed by atoms with E-state index in [0.717, 1.165) is 12.1 Å². The number of likely N-dealkylation sites (tertiary alicyclic amines) is 1. The summed E-state index contributed by atoms with van der Waals surface area (Å²) in [6, 6.07) is 3.93. The molecular weight excluding hydrogens is 488 g/mol. The highest BCUT2D eigenvalue weighted by atomic mass is 35.5. The van der Waals surface area contributed by atoms with Gasteiger partial charge in [-0.1, -0.05) is 23.7 Å². The van der Waals surface area contributed by atoms with Crippen molar-refractivity contribution in [2.75, 3.05) is 13.1 Å². The van der Waals surface area contributed by atoms with Crippen molar-refractivity contribution in [3.05, 3.63) is 29.8 Å². The van der Waals surface area contributed by atoms with Gasteiger partial charge in [-0.05, 0) is 43.4 Å². The molecule has 0 radical (unpaired) electrons. The van der Waals surface area contributed by atoms with E-state index in [1.165, 1.54) is 17.0 Å². The van der Waals surface area contributed by atoms with Crippen molar-refractivity contribution in [2.45, 2.75) is 49.1 Å².